The summed E-state index contributed by atoms with van der Waals surface area (Å²) in [5.74, 6) is 0.895. The summed E-state index contributed by atoms with van der Waals surface area (Å²) < 4.78 is 5.46. The van der Waals surface area contributed by atoms with Crippen LogP contribution in [-0.4, -0.2) is 30.2 Å². The second-order valence-electron chi connectivity index (χ2n) is 6.89. The molecule has 1 aliphatic heterocycles. The smallest absolute Gasteiger partial charge is 0.166 e. The summed E-state index contributed by atoms with van der Waals surface area (Å²) in [7, 11) is 1.64. The van der Waals surface area contributed by atoms with Gasteiger partial charge in [0.15, 0.2) is 11.5 Å². The van der Waals surface area contributed by atoms with Crippen molar-refractivity contribution in [2.45, 2.75) is 38.6 Å². The minimum absolute atomic E-state index is 0.297. The van der Waals surface area contributed by atoms with E-state index in [4.69, 9.17) is 4.74 Å². The number of rotatable bonds is 4. The van der Waals surface area contributed by atoms with Gasteiger partial charge in [-0.25, -0.2) is 0 Å². The molecule has 0 bridgehead atoms. The number of aromatic hydroxyl groups is 1. The Labute approximate surface area is 143 Å². The van der Waals surface area contributed by atoms with E-state index in [1.165, 1.54) is 35.1 Å². The van der Waals surface area contributed by atoms with E-state index in [-0.39, 0.29) is 0 Å². The van der Waals surface area contributed by atoms with Crippen LogP contribution in [-0.2, 0) is 12.8 Å². The number of phenols is 1. The van der Waals surface area contributed by atoms with Crippen molar-refractivity contribution in [3.63, 3.8) is 0 Å². The second-order valence-corrected chi connectivity index (χ2v) is 6.89. The molecule has 1 atom stereocenters. The van der Waals surface area contributed by atoms with E-state index in [0.29, 0.717) is 17.5 Å². The SMILES string of the molecule is CCCCN1CCc2cc(OC)c(O)c3c2[C@H]1Cc1ccccc1-3. The fourth-order valence-corrected chi connectivity index (χ4v) is 4.34. The molecule has 1 N–H and O–H groups in total. The lowest BCUT2D eigenvalue weighted by Crippen LogP contribution is -2.39. The van der Waals surface area contributed by atoms with Gasteiger partial charge >= 0.3 is 0 Å². The van der Waals surface area contributed by atoms with Crippen molar-refractivity contribution in [1.82, 2.24) is 4.90 Å². The molecule has 0 amide bonds. The van der Waals surface area contributed by atoms with E-state index in [2.05, 4.69) is 36.1 Å². The van der Waals surface area contributed by atoms with E-state index in [9.17, 15) is 5.11 Å². The molecule has 1 aliphatic carbocycles. The van der Waals surface area contributed by atoms with Crippen LogP contribution in [0.15, 0.2) is 30.3 Å². The van der Waals surface area contributed by atoms with Gasteiger partial charge in [-0.15, -0.1) is 0 Å². The predicted octanol–water partition coefficient (Wildman–Crippen LogP) is 4.32. The molecule has 3 nitrogen and oxygen atoms in total. The highest BCUT2D eigenvalue weighted by Gasteiger charge is 2.36. The maximum atomic E-state index is 10.9. The molecule has 0 saturated carbocycles. The molecular weight excluding hydrogens is 298 g/mol. The molecular formula is C21H25NO2. The third kappa shape index (κ3) is 2.30. The zero-order valence-corrected chi connectivity index (χ0v) is 14.5. The Morgan fingerprint density at radius 3 is 2.88 bits per heavy atom. The maximum Gasteiger partial charge on any atom is 0.166 e. The maximum absolute atomic E-state index is 10.9. The lowest BCUT2D eigenvalue weighted by molar-refractivity contribution is 0.179. The van der Waals surface area contributed by atoms with Crippen molar-refractivity contribution in [3.8, 4) is 22.6 Å². The number of phenolic OH excluding ortho intramolecular Hbond substituents is 1. The Balaban J connectivity index is 1.91. The molecule has 3 heteroatoms. The van der Waals surface area contributed by atoms with Crippen molar-refractivity contribution >= 4 is 0 Å². The van der Waals surface area contributed by atoms with Crippen molar-refractivity contribution in [2.75, 3.05) is 20.2 Å². The highest BCUT2D eigenvalue weighted by molar-refractivity contribution is 5.83. The Morgan fingerprint density at radius 1 is 1.25 bits per heavy atom. The summed E-state index contributed by atoms with van der Waals surface area (Å²) in [6, 6.07) is 10.9. The average Bonchev–Trinajstić information content (AvgIpc) is 2.62. The number of unbranched alkanes of at least 4 members (excludes halogenated alkanes) is 1. The van der Waals surface area contributed by atoms with Gasteiger partial charge in [0.05, 0.1) is 7.11 Å². The molecule has 0 aromatic heterocycles. The monoisotopic (exact) mass is 323 g/mol. The first-order valence-corrected chi connectivity index (χ1v) is 8.99. The van der Waals surface area contributed by atoms with Crippen LogP contribution < -0.4 is 4.74 Å². The quantitative estimate of drug-likeness (QED) is 0.909. The largest absolute Gasteiger partial charge is 0.504 e. The zero-order valence-electron chi connectivity index (χ0n) is 14.5. The third-order valence-corrected chi connectivity index (χ3v) is 5.55. The predicted molar refractivity (Wildman–Crippen MR) is 96.7 cm³/mol. The lowest BCUT2D eigenvalue weighted by Gasteiger charge is -2.42. The van der Waals surface area contributed by atoms with Crippen molar-refractivity contribution < 1.29 is 9.84 Å². The number of methoxy groups -OCH3 is 1. The van der Waals surface area contributed by atoms with Gasteiger partial charge < -0.3 is 9.84 Å². The van der Waals surface area contributed by atoms with Gasteiger partial charge in [-0.2, -0.15) is 0 Å². The molecule has 2 aliphatic rings. The Morgan fingerprint density at radius 2 is 2.08 bits per heavy atom. The van der Waals surface area contributed by atoms with Crippen LogP contribution in [0.5, 0.6) is 11.5 Å². The van der Waals surface area contributed by atoms with E-state index in [1.54, 1.807) is 7.11 Å². The third-order valence-electron chi connectivity index (χ3n) is 5.55. The van der Waals surface area contributed by atoms with Crippen LogP contribution in [0.2, 0.25) is 0 Å². The van der Waals surface area contributed by atoms with Gasteiger partial charge in [0, 0.05) is 18.2 Å². The Kier molecular flexibility index (Phi) is 3.97. The van der Waals surface area contributed by atoms with Crippen LogP contribution in [0.25, 0.3) is 11.1 Å². The molecule has 0 radical (unpaired) electrons. The highest BCUT2D eigenvalue weighted by atomic mass is 16.5. The molecule has 2 aromatic rings. The number of ether oxygens (including phenoxy) is 1. The molecule has 126 valence electrons. The van der Waals surface area contributed by atoms with Gasteiger partial charge in [-0.3, -0.25) is 4.90 Å². The summed E-state index contributed by atoms with van der Waals surface area (Å²) in [5.41, 5.74) is 6.16. The van der Waals surface area contributed by atoms with Crippen molar-refractivity contribution in [2.24, 2.45) is 0 Å². The van der Waals surface area contributed by atoms with Gasteiger partial charge in [-0.05, 0) is 54.1 Å². The fraction of sp³-hybridized carbons (Fsp3) is 0.429. The van der Waals surface area contributed by atoms with Crippen molar-refractivity contribution in [3.05, 3.63) is 47.0 Å². The topological polar surface area (TPSA) is 32.7 Å². The standard InChI is InChI=1S/C21H25NO2/c1-3-4-10-22-11-9-15-13-18(24-2)21(23)20-16-8-6-5-7-14(16)12-17(22)19(15)20/h5-8,13,17,23H,3-4,9-12H2,1-2H3/t17-/m1/s1. The van der Waals surface area contributed by atoms with E-state index in [0.717, 1.165) is 31.5 Å². The van der Waals surface area contributed by atoms with E-state index >= 15 is 0 Å². The number of nitrogens with zero attached hydrogens (tertiary/aromatic N) is 1. The summed E-state index contributed by atoms with van der Waals surface area (Å²) in [4.78, 5) is 2.61. The fourth-order valence-electron chi connectivity index (χ4n) is 4.34. The average molecular weight is 323 g/mol. The number of benzene rings is 2. The summed E-state index contributed by atoms with van der Waals surface area (Å²) in [5, 5.41) is 10.9. The van der Waals surface area contributed by atoms with Crippen LogP contribution in [0, 0.1) is 0 Å². The molecule has 1 heterocycles. The Bertz CT molecular complexity index is 769. The molecule has 0 saturated heterocycles. The van der Waals surface area contributed by atoms with Crippen LogP contribution in [0.3, 0.4) is 0 Å². The molecule has 2 aromatic carbocycles. The van der Waals surface area contributed by atoms with Crippen LogP contribution in [0.4, 0.5) is 0 Å². The van der Waals surface area contributed by atoms with Gasteiger partial charge in [-0.1, -0.05) is 37.6 Å². The summed E-state index contributed by atoms with van der Waals surface area (Å²) in [6.45, 7) is 4.47. The second kappa shape index (κ2) is 6.14. The molecule has 0 unspecified atom stereocenters. The van der Waals surface area contributed by atoms with E-state index in [1.807, 2.05) is 6.07 Å². The van der Waals surface area contributed by atoms with Gasteiger partial charge in [0.25, 0.3) is 0 Å². The van der Waals surface area contributed by atoms with Gasteiger partial charge in [0.2, 0.25) is 0 Å². The van der Waals surface area contributed by atoms with Crippen LogP contribution in [0.1, 0.15) is 42.5 Å². The minimum atomic E-state index is 0.297. The molecule has 0 spiro atoms. The number of fused-ring (bicyclic) bond motifs is 2. The first kappa shape index (κ1) is 15.5. The number of hydrogen-bond acceptors (Lipinski definition) is 3. The normalized spacial score (nSPS) is 18.8. The first-order chi connectivity index (χ1) is 11.7. The van der Waals surface area contributed by atoms with Gasteiger partial charge in [0.1, 0.15) is 0 Å². The lowest BCUT2D eigenvalue weighted by atomic mass is 9.76. The minimum Gasteiger partial charge on any atom is -0.504 e. The molecule has 0 fully saturated rings. The highest BCUT2D eigenvalue weighted by Crippen LogP contribution is 2.51. The number of hydrogen-bond donors (Lipinski definition) is 1. The van der Waals surface area contributed by atoms with Crippen molar-refractivity contribution in [1.29, 1.82) is 0 Å². The summed E-state index contributed by atoms with van der Waals surface area (Å²) in [6.07, 6.45) is 4.51. The molecule has 4 rings (SSSR count). The zero-order chi connectivity index (χ0) is 16.7. The van der Waals surface area contributed by atoms with E-state index < -0.39 is 0 Å². The molecule has 24 heavy (non-hydrogen) atoms. The first-order valence-electron chi connectivity index (χ1n) is 8.99. The van der Waals surface area contributed by atoms with Crippen LogP contribution >= 0.6 is 0 Å². The summed E-state index contributed by atoms with van der Waals surface area (Å²) >= 11 is 0. The Hall–Kier alpha value is -2.00.